The molecule has 1 N–H and O–H groups in total. The Balaban J connectivity index is 1.89. The average molecular weight is 290 g/mol. The summed E-state index contributed by atoms with van der Waals surface area (Å²) in [6.07, 6.45) is 0. The number of nitrogens with zero attached hydrogens (tertiary/aromatic N) is 2. The summed E-state index contributed by atoms with van der Waals surface area (Å²) in [5.41, 5.74) is 1.48. The lowest BCUT2D eigenvalue weighted by Crippen LogP contribution is -2.46. The number of aromatic hydroxyl groups is 1. The van der Waals surface area contributed by atoms with Crippen molar-refractivity contribution in [3.05, 3.63) is 29.3 Å². The van der Waals surface area contributed by atoms with Gasteiger partial charge in [-0.15, -0.1) is 0 Å². The molecule has 0 saturated carbocycles. The molecule has 0 aromatic heterocycles. The Kier molecular flexibility index (Phi) is 3.87. The van der Waals surface area contributed by atoms with Crippen LogP contribution in [0.4, 0.5) is 0 Å². The molecule has 1 amide bonds. The maximum absolute atomic E-state index is 12.9. The number of rotatable bonds is 1. The van der Waals surface area contributed by atoms with Gasteiger partial charge in [-0.3, -0.25) is 4.79 Å². The highest BCUT2D eigenvalue weighted by atomic mass is 16.5. The van der Waals surface area contributed by atoms with Crippen molar-refractivity contribution in [1.82, 2.24) is 9.80 Å². The third kappa shape index (κ3) is 2.89. The van der Waals surface area contributed by atoms with Gasteiger partial charge in [0.15, 0.2) is 0 Å². The predicted octanol–water partition coefficient (Wildman–Crippen LogP) is 1.10. The van der Waals surface area contributed by atoms with Crippen molar-refractivity contribution >= 4 is 5.91 Å². The lowest BCUT2D eigenvalue weighted by Gasteiger charge is -2.30. The molecule has 2 bridgehead atoms. The standard InChI is InChI=1S/C16H22N2O3/c1-11-5-14(19)3-4-15(11)16(20)18-7-12-6-17(2)8-13(18)10-21-9-12/h3-5,12-13,19H,6-10H2,1-2H3/t12-,13-/m0/s1. The lowest BCUT2D eigenvalue weighted by atomic mass is 10.1. The van der Waals surface area contributed by atoms with Crippen molar-refractivity contribution < 1.29 is 14.6 Å². The van der Waals surface area contributed by atoms with Crippen LogP contribution >= 0.6 is 0 Å². The predicted molar refractivity (Wildman–Crippen MR) is 79.5 cm³/mol. The van der Waals surface area contributed by atoms with Gasteiger partial charge in [-0.1, -0.05) is 0 Å². The van der Waals surface area contributed by atoms with E-state index in [1.807, 2.05) is 11.8 Å². The fraction of sp³-hybridized carbons (Fsp3) is 0.562. The molecule has 1 aromatic carbocycles. The fourth-order valence-electron chi connectivity index (χ4n) is 3.37. The molecule has 2 aliphatic heterocycles. The highest BCUT2D eigenvalue weighted by Gasteiger charge is 2.35. The SMILES string of the molecule is Cc1cc(O)ccc1C(=O)N1C[C@H]2COC[C@@H]1CN(C)C2. The molecule has 2 heterocycles. The van der Waals surface area contributed by atoms with E-state index in [-0.39, 0.29) is 17.7 Å². The first-order chi connectivity index (χ1) is 10.0. The van der Waals surface area contributed by atoms with Crippen LogP contribution in [-0.4, -0.2) is 66.8 Å². The molecule has 0 unspecified atom stereocenters. The van der Waals surface area contributed by atoms with Crippen LogP contribution in [-0.2, 0) is 4.74 Å². The van der Waals surface area contributed by atoms with E-state index in [1.165, 1.54) is 0 Å². The minimum absolute atomic E-state index is 0.0447. The maximum atomic E-state index is 12.9. The number of fused-ring (bicyclic) bond motifs is 3. The molecule has 0 spiro atoms. The van der Waals surface area contributed by atoms with Gasteiger partial charge in [0.2, 0.25) is 0 Å². The molecule has 2 atom stereocenters. The second kappa shape index (κ2) is 5.66. The molecule has 5 heteroatoms. The monoisotopic (exact) mass is 290 g/mol. The summed E-state index contributed by atoms with van der Waals surface area (Å²) >= 11 is 0. The van der Waals surface area contributed by atoms with E-state index in [9.17, 15) is 9.90 Å². The molecular weight excluding hydrogens is 268 g/mol. The third-order valence-corrected chi connectivity index (χ3v) is 4.35. The summed E-state index contributed by atoms with van der Waals surface area (Å²) < 4.78 is 5.71. The number of likely N-dealkylation sites (N-methyl/N-ethyl adjacent to an activating group) is 1. The molecule has 2 saturated heterocycles. The Hall–Kier alpha value is -1.59. The van der Waals surface area contributed by atoms with E-state index in [0.717, 1.165) is 31.8 Å². The maximum Gasteiger partial charge on any atom is 0.254 e. The van der Waals surface area contributed by atoms with E-state index in [4.69, 9.17) is 4.74 Å². The second-order valence-corrected chi connectivity index (χ2v) is 6.24. The zero-order valence-electron chi connectivity index (χ0n) is 12.6. The zero-order chi connectivity index (χ0) is 15.0. The van der Waals surface area contributed by atoms with E-state index in [2.05, 4.69) is 11.9 Å². The van der Waals surface area contributed by atoms with E-state index >= 15 is 0 Å². The summed E-state index contributed by atoms with van der Waals surface area (Å²) in [5.74, 6) is 0.605. The van der Waals surface area contributed by atoms with Crippen LogP contribution in [0.2, 0.25) is 0 Å². The van der Waals surface area contributed by atoms with Crippen LogP contribution in [0.25, 0.3) is 0 Å². The first kappa shape index (κ1) is 14.4. The van der Waals surface area contributed by atoms with Crippen molar-refractivity contribution in [3.8, 4) is 5.75 Å². The van der Waals surface area contributed by atoms with Gasteiger partial charge < -0.3 is 19.6 Å². The molecular formula is C16H22N2O3. The van der Waals surface area contributed by atoms with Crippen molar-refractivity contribution in [3.63, 3.8) is 0 Å². The van der Waals surface area contributed by atoms with Gasteiger partial charge in [-0.2, -0.15) is 0 Å². The number of carbonyl (C=O) groups is 1. The Morgan fingerprint density at radius 2 is 2.10 bits per heavy atom. The number of amides is 1. The van der Waals surface area contributed by atoms with Gasteiger partial charge in [-0.05, 0) is 37.7 Å². The summed E-state index contributed by atoms with van der Waals surface area (Å²) in [4.78, 5) is 17.1. The minimum atomic E-state index is 0.0447. The quantitative estimate of drug-likeness (QED) is 0.841. The third-order valence-electron chi connectivity index (χ3n) is 4.35. The Morgan fingerprint density at radius 3 is 2.86 bits per heavy atom. The molecule has 1 aromatic rings. The van der Waals surface area contributed by atoms with Crippen molar-refractivity contribution in [1.29, 1.82) is 0 Å². The summed E-state index contributed by atoms with van der Waals surface area (Å²) in [5, 5.41) is 9.51. The molecule has 3 rings (SSSR count). The lowest BCUT2D eigenvalue weighted by molar-refractivity contribution is 0.0483. The zero-order valence-corrected chi connectivity index (χ0v) is 12.6. The first-order valence-electron chi connectivity index (χ1n) is 7.41. The van der Waals surface area contributed by atoms with Crippen molar-refractivity contribution in [2.45, 2.75) is 13.0 Å². The van der Waals surface area contributed by atoms with E-state index < -0.39 is 0 Å². The van der Waals surface area contributed by atoms with Crippen LogP contribution in [0.3, 0.4) is 0 Å². The Morgan fingerprint density at radius 1 is 1.29 bits per heavy atom. The van der Waals surface area contributed by atoms with E-state index in [1.54, 1.807) is 18.2 Å². The molecule has 2 fully saturated rings. The van der Waals surface area contributed by atoms with Gasteiger partial charge in [-0.25, -0.2) is 0 Å². The molecule has 0 aliphatic carbocycles. The van der Waals surface area contributed by atoms with Gasteiger partial charge in [0, 0.05) is 31.1 Å². The molecule has 2 aliphatic rings. The van der Waals surface area contributed by atoms with E-state index in [0.29, 0.717) is 18.1 Å². The smallest absolute Gasteiger partial charge is 0.254 e. The van der Waals surface area contributed by atoms with Crippen molar-refractivity contribution in [2.24, 2.45) is 5.92 Å². The Labute approximate surface area is 125 Å². The second-order valence-electron chi connectivity index (χ2n) is 6.24. The largest absolute Gasteiger partial charge is 0.508 e. The summed E-state index contributed by atoms with van der Waals surface area (Å²) in [7, 11) is 2.10. The summed E-state index contributed by atoms with van der Waals surface area (Å²) in [6, 6.07) is 5.03. The number of aryl methyl sites for hydroxylation is 1. The molecule has 114 valence electrons. The first-order valence-corrected chi connectivity index (χ1v) is 7.41. The number of ether oxygens (including phenoxy) is 1. The van der Waals surface area contributed by atoms with Gasteiger partial charge >= 0.3 is 0 Å². The highest BCUT2D eigenvalue weighted by Crippen LogP contribution is 2.23. The van der Waals surface area contributed by atoms with Crippen LogP contribution in [0.5, 0.6) is 5.75 Å². The molecule has 5 nitrogen and oxygen atoms in total. The average Bonchev–Trinajstić information content (AvgIpc) is 2.68. The number of phenolic OH excluding ortho intramolecular Hbond substituents is 1. The number of hydrogen-bond donors (Lipinski definition) is 1. The molecule has 0 radical (unpaired) electrons. The number of carbonyl (C=O) groups excluding carboxylic acids is 1. The van der Waals surface area contributed by atoms with Gasteiger partial charge in [0.25, 0.3) is 5.91 Å². The number of benzene rings is 1. The fourth-order valence-corrected chi connectivity index (χ4v) is 3.37. The highest BCUT2D eigenvalue weighted by molar-refractivity contribution is 5.96. The number of hydrogen-bond acceptors (Lipinski definition) is 4. The Bertz CT molecular complexity index is 546. The number of phenols is 1. The minimum Gasteiger partial charge on any atom is -0.508 e. The molecule has 21 heavy (non-hydrogen) atoms. The van der Waals surface area contributed by atoms with Crippen LogP contribution in [0, 0.1) is 12.8 Å². The normalized spacial score (nSPS) is 26.5. The summed E-state index contributed by atoms with van der Waals surface area (Å²) in [6.45, 7) is 5.74. The topological polar surface area (TPSA) is 53.0 Å². The van der Waals surface area contributed by atoms with Crippen LogP contribution in [0.15, 0.2) is 18.2 Å². The van der Waals surface area contributed by atoms with Crippen LogP contribution in [0.1, 0.15) is 15.9 Å². The van der Waals surface area contributed by atoms with Crippen molar-refractivity contribution in [2.75, 3.05) is 39.9 Å². The van der Waals surface area contributed by atoms with Crippen LogP contribution < -0.4 is 0 Å². The van der Waals surface area contributed by atoms with Gasteiger partial charge in [0.05, 0.1) is 19.3 Å². The van der Waals surface area contributed by atoms with Gasteiger partial charge in [0.1, 0.15) is 5.75 Å².